The summed E-state index contributed by atoms with van der Waals surface area (Å²) < 4.78 is 0. The maximum absolute atomic E-state index is 11.1. The summed E-state index contributed by atoms with van der Waals surface area (Å²) in [6.07, 6.45) is 0.516. The first-order valence-corrected chi connectivity index (χ1v) is 5.19. The minimum Gasteiger partial charge on any atom is -0.481 e. The molecule has 0 aromatic rings. The number of rotatable bonds is 4. The fraction of sp³-hybridized carbons (Fsp3) is 0.667. The Bertz CT molecular complexity index is 317. The minimum atomic E-state index is -0.889. The van der Waals surface area contributed by atoms with Gasteiger partial charge in [0.2, 0.25) is 0 Å². The number of carbonyl (C=O) groups excluding carboxylic acids is 1. The SMILES string of the molecule is CC#CC(=O)NCC(CC(C)(C)C)C(=O)O. The van der Waals surface area contributed by atoms with E-state index >= 15 is 0 Å². The third-order valence-corrected chi connectivity index (χ3v) is 1.96. The summed E-state index contributed by atoms with van der Waals surface area (Å²) in [7, 11) is 0. The lowest BCUT2D eigenvalue weighted by Crippen LogP contribution is -2.34. The predicted octanol–water partition coefficient (Wildman–Crippen LogP) is 1.26. The predicted molar refractivity (Wildman–Crippen MR) is 61.7 cm³/mol. The molecule has 0 saturated carbocycles. The molecule has 90 valence electrons. The van der Waals surface area contributed by atoms with Crippen LogP contribution in [-0.2, 0) is 9.59 Å². The summed E-state index contributed by atoms with van der Waals surface area (Å²) >= 11 is 0. The minimum absolute atomic E-state index is 0.0791. The Morgan fingerprint density at radius 2 is 1.94 bits per heavy atom. The number of carboxylic acid groups (broad SMARTS) is 1. The van der Waals surface area contributed by atoms with Crippen molar-refractivity contribution in [2.75, 3.05) is 6.54 Å². The summed E-state index contributed by atoms with van der Waals surface area (Å²) in [6.45, 7) is 7.59. The molecule has 0 saturated heterocycles. The third kappa shape index (κ3) is 6.88. The maximum atomic E-state index is 11.1. The topological polar surface area (TPSA) is 66.4 Å². The fourth-order valence-corrected chi connectivity index (χ4v) is 1.36. The van der Waals surface area contributed by atoms with Gasteiger partial charge in [0.05, 0.1) is 5.92 Å². The van der Waals surface area contributed by atoms with Crippen LogP contribution in [0.15, 0.2) is 0 Å². The summed E-state index contributed by atoms with van der Waals surface area (Å²) in [5.74, 6) is 2.88. The van der Waals surface area contributed by atoms with Gasteiger partial charge in [-0.1, -0.05) is 26.7 Å². The zero-order valence-corrected chi connectivity index (χ0v) is 10.3. The molecule has 0 bridgehead atoms. The van der Waals surface area contributed by atoms with Crippen LogP contribution < -0.4 is 5.32 Å². The number of hydrogen-bond acceptors (Lipinski definition) is 2. The van der Waals surface area contributed by atoms with E-state index in [4.69, 9.17) is 5.11 Å². The molecule has 2 N–H and O–H groups in total. The van der Waals surface area contributed by atoms with Crippen LogP contribution in [0.2, 0.25) is 0 Å². The molecule has 0 aliphatic rings. The highest BCUT2D eigenvalue weighted by atomic mass is 16.4. The molecule has 0 fully saturated rings. The van der Waals surface area contributed by atoms with E-state index in [0.29, 0.717) is 6.42 Å². The molecule has 0 aliphatic carbocycles. The third-order valence-electron chi connectivity index (χ3n) is 1.96. The molecule has 0 aromatic heterocycles. The van der Waals surface area contributed by atoms with Gasteiger partial charge < -0.3 is 10.4 Å². The van der Waals surface area contributed by atoms with Crippen molar-refractivity contribution < 1.29 is 14.7 Å². The van der Waals surface area contributed by atoms with Gasteiger partial charge in [0.15, 0.2) is 0 Å². The van der Waals surface area contributed by atoms with Gasteiger partial charge in [-0.3, -0.25) is 9.59 Å². The van der Waals surface area contributed by atoms with Crippen molar-refractivity contribution in [2.24, 2.45) is 11.3 Å². The molecule has 4 nitrogen and oxygen atoms in total. The normalized spacial score (nSPS) is 12.2. The van der Waals surface area contributed by atoms with Crippen molar-refractivity contribution in [2.45, 2.75) is 34.1 Å². The molecule has 1 unspecified atom stereocenters. The van der Waals surface area contributed by atoms with Crippen LogP contribution >= 0.6 is 0 Å². The first-order valence-electron chi connectivity index (χ1n) is 5.19. The number of aliphatic carboxylic acids is 1. The molecule has 0 rings (SSSR count). The van der Waals surface area contributed by atoms with Crippen LogP contribution in [0.5, 0.6) is 0 Å². The van der Waals surface area contributed by atoms with Gasteiger partial charge in [-0.2, -0.15) is 0 Å². The lowest BCUT2D eigenvalue weighted by atomic mass is 9.84. The Labute approximate surface area is 96.4 Å². The molecule has 16 heavy (non-hydrogen) atoms. The Morgan fingerprint density at radius 3 is 2.31 bits per heavy atom. The molecule has 0 aromatic carbocycles. The molecule has 0 spiro atoms. The van der Waals surface area contributed by atoms with Crippen molar-refractivity contribution in [3.05, 3.63) is 0 Å². The Balaban J connectivity index is 4.29. The second-order valence-corrected chi connectivity index (χ2v) is 4.88. The number of carboxylic acids is 1. The Kier molecular flexibility index (Phi) is 5.59. The van der Waals surface area contributed by atoms with Crippen LogP contribution in [-0.4, -0.2) is 23.5 Å². The van der Waals surface area contributed by atoms with Crippen LogP contribution in [0, 0.1) is 23.2 Å². The molecule has 0 aliphatic heterocycles. The number of amides is 1. The zero-order chi connectivity index (χ0) is 12.8. The van der Waals surface area contributed by atoms with E-state index in [9.17, 15) is 9.59 Å². The van der Waals surface area contributed by atoms with E-state index < -0.39 is 17.8 Å². The number of nitrogens with one attached hydrogen (secondary N) is 1. The van der Waals surface area contributed by atoms with Gasteiger partial charge in [0, 0.05) is 6.54 Å². The summed E-state index contributed by atoms with van der Waals surface area (Å²) in [5, 5.41) is 11.5. The van der Waals surface area contributed by atoms with Gasteiger partial charge >= 0.3 is 5.97 Å². The molecule has 4 heteroatoms. The average molecular weight is 225 g/mol. The Morgan fingerprint density at radius 1 is 1.38 bits per heavy atom. The van der Waals surface area contributed by atoms with Gasteiger partial charge in [0.25, 0.3) is 5.91 Å². The van der Waals surface area contributed by atoms with Crippen molar-refractivity contribution in [1.29, 1.82) is 0 Å². The summed E-state index contributed by atoms with van der Waals surface area (Å²) in [5.41, 5.74) is -0.0791. The van der Waals surface area contributed by atoms with Gasteiger partial charge in [0.1, 0.15) is 0 Å². The van der Waals surface area contributed by atoms with E-state index in [1.807, 2.05) is 20.8 Å². The molecular formula is C12H19NO3. The highest BCUT2D eigenvalue weighted by Gasteiger charge is 2.24. The van der Waals surface area contributed by atoms with Gasteiger partial charge in [-0.25, -0.2) is 0 Å². The standard InChI is InChI=1S/C12H19NO3/c1-5-6-10(14)13-8-9(11(15)16)7-12(2,3)4/h9H,7-8H2,1-4H3,(H,13,14)(H,15,16). The Hall–Kier alpha value is -1.50. The van der Waals surface area contributed by atoms with Crippen LogP contribution in [0.3, 0.4) is 0 Å². The molecule has 0 heterocycles. The fourth-order valence-electron chi connectivity index (χ4n) is 1.36. The largest absolute Gasteiger partial charge is 0.481 e. The van der Waals surface area contributed by atoms with Crippen molar-refractivity contribution in [3.8, 4) is 11.8 Å². The van der Waals surface area contributed by atoms with E-state index in [-0.39, 0.29) is 12.0 Å². The molecular weight excluding hydrogens is 206 g/mol. The van der Waals surface area contributed by atoms with E-state index in [2.05, 4.69) is 17.2 Å². The van der Waals surface area contributed by atoms with Crippen LogP contribution in [0.25, 0.3) is 0 Å². The monoisotopic (exact) mass is 225 g/mol. The maximum Gasteiger partial charge on any atom is 0.308 e. The van der Waals surface area contributed by atoms with Gasteiger partial charge in [-0.15, -0.1) is 0 Å². The van der Waals surface area contributed by atoms with Crippen LogP contribution in [0.4, 0.5) is 0 Å². The first kappa shape index (κ1) is 14.5. The van der Waals surface area contributed by atoms with Gasteiger partial charge in [-0.05, 0) is 24.7 Å². The zero-order valence-electron chi connectivity index (χ0n) is 10.3. The smallest absolute Gasteiger partial charge is 0.308 e. The molecule has 1 atom stereocenters. The highest BCUT2D eigenvalue weighted by Crippen LogP contribution is 2.24. The van der Waals surface area contributed by atoms with Crippen LogP contribution in [0.1, 0.15) is 34.1 Å². The van der Waals surface area contributed by atoms with Crippen molar-refractivity contribution in [3.63, 3.8) is 0 Å². The average Bonchev–Trinajstić information content (AvgIpc) is 2.10. The second kappa shape index (κ2) is 6.16. The lowest BCUT2D eigenvalue weighted by molar-refractivity contribution is -0.142. The summed E-state index contributed by atoms with van der Waals surface area (Å²) in [4.78, 5) is 22.0. The highest BCUT2D eigenvalue weighted by molar-refractivity contribution is 5.93. The van der Waals surface area contributed by atoms with Crippen molar-refractivity contribution in [1.82, 2.24) is 5.32 Å². The number of hydrogen-bond donors (Lipinski definition) is 2. The van der Waals surface area contributed by atoms with E-state index in [1.54, 1.807) is 6.92 Å². The van der Waals surface area contributed by atoms with Crippen molar-refractivity contribution >= 4 is 11.9 Å². The second-order valence-electron chi connectivity index (χ2n) is 4.88. The molecule has 1 amide bonds. The van der Waals surface area contributed by atoms with E-state index in [0.717, 1.165) is 0 Å². The molecule has 0 radical (unpaired) electrons. The number of carbonyl (C=O) groups is 2. The quantitative estimate of drug-likeness (QED) is 0.708. The first-order chi connectivity index (χ1) is 7.26. The lowest BCUT2D eigenvalue weighted by Gasteiger charge is -2.23. The summed E-state index contributed by atoms with van der Waals surface area (Å²) in [6, 6.07) is 0. The van der Waals surface area contributed by atoms with E-state index in [1.165, 1.54) is 0 Å².